The third-order valence-corrected chi connectivity index (χ3v) is 5.12. The van der Waals surface area contributed by atoms with Crippen LogP contribution in [0, 0.1) is 6.92 Å². The van der Waals surface area contributed by atoms with Gasteiger partial charge in [0.25, 0.3) is 5.91 Å². The van der Waals surface area contributed by atoms with Gasteiger partial charge in [-0.2, -0.15) is 0 Å². The van der Waals surface area contributed by atoms with Crippen molar-refractivity contribution in [2.24, 2.45) is 0 Å². The highest BCUT2D eigenvalue weighted by atomic mass is 32.1. The number of carbonyl (C=O) groups is 2. The van der Waals surface area contributed by atoms with E-state index >= 15 is 0 Å². The Balaban J connectivity index is 1.92. The summed E-state index contributed by atoms with van der Waals surface area (Å²) in [6, 6.07) is 3.37. The van der Waals surface area contributed by atoms with Crippen LogP contribution >= 0.6 is 11.3 Å². The van der Waals surface area contributed by atoms with Gasteiger partial charge >= 0.3 is 5.97 Å². The third kappa shape index (κ3) is 3.38. The van der Waals surface area contributed by atoms with Crippen molar-refractivity contribution in [3.05, 3.63) is 39.7 Å². The van der Waals surface area contributed by atoms with Gasteiger partial charge < -0.3 is 14.5 Å². The van der Waals surface area contributed by atoms with Crippen LogP contribution in [0.5, 0.6) is 0 Å². The second-order valence-electron chi connectivity index (χ2n) is 6.23. The lowest BCUT2D eigenvalue weighted by atomic mass is 9.95. The molecule has 0 saturated heterocycles. The lowest BCUT2D eigenvalue weighted by Gasteiger charge is -2.14. The van der Waals surface area contributed by atoms with Gasteiger partial charge in [-0.05, 0) is 64.2 Å². The zero-order chi connectivity index (χ0) is 17.3. The SMILES string of the molecule is Cc1ccc(C(=O)Nc2sc3c(c2C(=O)OC(C)C)CCCC3)o1. The number of hydrogen-bond acceptors (Lipinski definition) is 5. The number of esters is 1. The number of carbonyl (C=O) groups excluding carboxylic acids is 2. The highest BCUT2D eigenvalue weighted by molar-refractivity contribution is 7.17. The summed E-state index contributed by atoms with van der Waals surface area (Å²) in [5, 5.41) is 3.40. The van der Waals surface area contributed by atoms with E-state index in [0.717, 1.165) is 31.2 Å². The number of nitrogens with one attached hydrogen (secondary N) is 1. The van der Waals surface area contributed by atoms with Crippen LogP contribution in [-0.4, -0.2) is 18.0 Å². The van der Waals surface area contributed by atoms with E-state index in [1.165, 1.54) is 16.2 Å². The standard InChI is InChI=1S/C18H21NO4S/c1-10(2)22-18(21)15-12-6-4-5-7-14(12)24-17(15)19-16(20)13-9-8-11(3)23-13/h8-10H,4-7H2,1-3H3,(H,19,20). The van der Waals surface area contributed by atoms with Crippen LogP contribution in [-0.2, 0) is 17.6 Å². The Morgan fingerprint density at radius 3 is 2.67 bits per heavy atom. The Hall–Kier alpha value is -2.08. The van der Waals surface area contributed by atoms with Crippen molar-refractivity contribution in [2.75, 3.05) is 5.32 Å². The molecule has 3 rings (SSSR count). The Morgan fingerprint density at radius 2 is 2.00 bits per heavy atom. The summed E-state index contributed by atoms with van der Waals surface area (Å²) in [4.78, 5) is 26.1. The maximum absolute atomic E-state index is 12.5. The van der Waals surface area contributed by atoms with Gasteiger partial charge in [-0.3, -0.25) is 4.79 Å². The first-order valence-corrected chi connectivity index (χ1v) is 9.00. The van der Waals surface area contributed by atoms with Crippen LogP contribution in [0.3, 0.4) is 0 Å². The molecule has 0 spiro atoms. The highest BCUT2D eigenvalue weighted by Crippen LogP contribution is 2.39. The molecule has 128 valence electrons. The normalized spacial score (nSPS) is 13.7. The Morgan fingerprint density at radius 1 is 1.25 bits per heavy atom. The van der Waals surface area contributed by atoms with Crippen molar-refractivity contribution in [3.8, 4) is 0 Å². The van der Waals surface area contributed by atoms with E-state index in [0.29, 0.717) is 16.3 Å². The van der Waals surface area contributed by atoms with Crippen LogP contribution in [0.25, 0.3) is 0 Å². The molecule has 0 radical (unpaired) electrons. The molecule has 0 aliphatic heterocycles. The lowest BCUT2D eigenvalue weighted by Crippen LogP contribution is -2.17. The van der Waals surface area contributed by atoms with Crippen molar-refractivity contribution in [3.63, 3.8) is 0 Å². The fourth-order valence-electron chi connectivity index (χ4n) is 2.86. The van der Waals surface area contributed by atoms with E-state index in [-0.39, 0.29) is 23.7 Å². The van der Waals surface area contributed by atoms with Crippen molar-refractivity contribution in [2.45, 2.75) is 52.6 Å². The minimum absolute atomic E-state index is 0.201. The third-order valence-electron chi connectivity index (χ3n) is 3.91. The molecule has 0 aromatic carbocycles. The Kier molecular flexibility index (Phi) is 4.76. The summed E-state index contributed by atoms with van der Waals surface area (Å²) in [7, 11) is 0. The van der Waals surface area contributed by atoms with Gasteiger partial charge in [0.1, 0.15) is 10.8 Å². The second kappa shape index (κ2) is 6.81. The zero-order valence-electron chi connectivity index (χ0n) is 14.1. The summed E-state index contributed by atoms with van der Waals surface area (Å²) < 4.78 is 10.7. The van der Waals surface area contributed by atoms with Crippen molar-refractivity contribution in [1.29, 1.82) is 0 Å². The van der Waals surface area contributed by atoms with E-state index < -0.39 is 0 Å². The van der Waals surface area contributed by atoms with Crippen molar-refractivity contribution >= 4 is 28.2 Å². The van der Waals surface area contributed by atoms with Gasteiger partial charge in [0, 0.05) is 4.88 Å². The second-order valence-corrected chi connectivity index (χ2v) is 7.34. The topological polar surface area (TPSA) is 68.5 Å². The number of hydrogen-bond donors (Lipinski definition) is 1. The molecule has 1 N–H and O–H groups in total. The average Bonchev–Trinajstić information content (AvgIpc) is 3.09. The molecule has 0 atom stereocenters. The zero-order valence-corrected chi connectivity index (χ0v) is 14.9. The number of amides is 1. The van der Waals surface area contributed by atoms with Gasteiger partial charge in [-0.1, -0.05) is 0 Å². The van der Waals surface area contributed by atoms with Gasteiger partial charge in [0.05, 0.1) is 11.7 Å². The van der Waals surface area contributed by atoms with Crippen LogP contribution in [0.15, 0.2) is 16.5 Å². The Labute approximate surface area is 145 Å². The van der Waals surface area contributed by atoms with E-state index in [4.69, 9.17) is 9.15 Å². The lowest BCUT2D eigenvalue weighted by molar-refractivity contribution is 0.0378. The van der Waals surface area contributed by atoms with Crippen LogP contribution < -0.4 is 5.32 Å². The minimum Gasteiger partial charge on any atom is -0.459 e. The van der Waals surface area contributed by atoms with E-state index in [1.54, 1.807) is 19.1 Å². The molecule has 0 bridgehead atoms. The van der Waals surface area contributed by atoms with Gasteiger partial charge in [-0.25, -0.2) is 4.79 Å². The summed E-state index contributed by atoms with van der Waals surface area (Å²) >= 11 is 1.47. The number of fused-ring (bicyclic) bond motifs is 1. The maximum Gasteiger partial charge on any atom is 0.341 e. The Bertz CT molecular complexity index is 772. The fraction of sp³-hybridized carbons (Fsp3) is 0.444. The number of ether oxygens (including phenoxy) is 1. The molecule has 2 aromatic rings. The molecule has 0 unspecified atom stereocenters. The molecule has 0 saturated carbocycles. The average molecular weight is 347 g/mol. The van der Waals surface area contributed by atoms with Crippen LogP contribution in [0.2, 0.25) is 0 Å². The number of thiophene rings is 1. The minimum atomic E-state index is -0.365. The number of anilines is 1. The number of aryl methyl sites for hydroxylation is 2. The molecule has 1 aliphatic carbocycles. The molecule has 2 heterocycles. The predicted octanol–water partition coefficient (Wildman–Crippen LogP) is 4.35. The molecule has 24 heavy (non-hydrogen) atoms. The molecule has 6 heteroatoms. The van der Waals surface area contributed by atoms with Crippen LogP contribution in [0.1, 0.15) is 63.8 Å². The van der Waals surface area contributed by atoms with E-state index in [1.807, 2.05) is 13.8 Å². The monoisotopic (exact) mass is 347 g/mol. The van der Waals surface area contributed by atoms with Gasteiger partial charge in [-0.15, -0.1) is 11.3 Å². The summed E-state index contributed by atoms with van der Waals surface area (Å²) in [6.07, 6.45) is 3.75. The smallest absolute Gasteiger partial charge is 0.341 e. The van der Waals surface area contributed by atoms with Crippen molar-refractivity contribution in [1.82, 2.24) is 0 Å². The van der Waals surface area contributed by atoms with E-state index in [9.17, 15) is 9.59 Å². The summed E-state index contributed by atoms with van der Waals surface area (Å²) in [5.41, 5.74) is 1.54. The fourth-order valence-corrected chi connectivity index (χ4v) is 4.14. The first-order valence-electron chi connectivity index (χ1n) is 8.19. The molecular formula is C18H21NO4S. The quantitative estimate of drug-likeness (QED) is 0.835. The molecule has 5 nitrogen and oxygen atoms in total. The number of furan rings is 1. The molecule has 2 aromatic heterocycles. The van der Waals surface area contributed by atoms with E-state index in [2.05, 4.69) is 5.32 Å². The summed E-state index contributed by atoms with van der Waals surface area (Å²) in [5.74, 6) is 0.197. The predicted molar refractivity (Wildman–Crippen MR) is 92.9 cm³/mol. The van der Waals surface area contributed by atoms with Gasteiger partial charge in [0.2, 0.25) is 0 Å². The molecule has 0 fully saturated rings. The van der Waals surface area contributed by atoms with Crippen molar-refractivity contribution < 1.29 is 18.7 Å². The molecule has 1 amide bonds. The summed E-state index contributed by atoms with van der Waals surface area (Å²) in [6.45, 7) is 5.42. The van der Waals surface area contributed by atoms with Crippen LogP contribution in [0.4, 0.5) is 5.00 Å². The molecular weight excluding hydrogens is 326 g/mol. The van der Waals surface area contributed by atoms with Gasteiger partial charge in [0.15, 0.2) is 5.76 Å². The number of rotatable bonds is 4. The maximum atomic E-state index is 12.5. The highest BCUT2D eigenvalue weighted by Gasteiger charge is 2.28. The first kappa shape index (κ1) is 16.8. The largest absolute Gasteiger partial charge is 0.459 e. The first-order chi connectivity index (χ1) is 11.5. The molecule has 1 aliphatic rings.